The first kappa shape index (κ1) is 17.3. The van der Waals surface area contributed by atoms with Gasteiger partial charge in [0.05, 0.1) is 0 Å². The summed E-state index contributed by atoms with van der Waals surface area (Å²) < 4.78 is 0. The molecule has 130 valence electrons. The molecule has 5 nitrogen and oxygen atoms in total. The van der Waals surface area contributed by atoms with Crippen LogP contribution < -0.4 is 16.0 Å². The molecule has 25 heavy (non-hydrogen) atoms. The van der Waals surface area contributed by atoms with E-state index in [4.69, 9.17) is 17.3 Å². The van der Waals surface area contributed by atoms with Gasteiger partial charge in [-0.1, -0.05) is 17.7 Å². The number of hydrogen-bond acceptors (Lipinski definition) is 3. The molecule has 1 unspecified atom stereocenters. The number of carbonyl (C=O) groups excluding carboxylic acids is 2. The zero-order valence-electron chi connectivity index (χ0n) is 14.0. The molecule has 1 aliphatic rings. The topological polar surface area (TPSA) is 75.4 Å². The van der Waals surface area contributed by atoms with Gasteiger partial charge in [-0.2, -0.15) is 0 Å². The van der Waals surface area contributed by atoms with Gasteiger partial charge in [0.15, 0.2) is 0 Å². The maximum absolute atomic E-state index is 12.8. The molecule has 0 fully saturated rings. The van der Waals surface area contributed by atoms with Gasteiger partial charge < -0.3 is 16.0 Å². The Balaban J connectivity index is 1.74. The predicted octanol–water partition coefficient (Wildman–Crippen LogP) is 3.02. The number of carbonyl (C=O) groups is 2. The van der Waals surface area contributed by atoms with Crippen LogP contribution in [0.5, 0.6) is 0 Å². The molecule has 0 saturated heterocycles. The Morgan fingerprint density at radius 3 is 2.64 bits per heavy atom. The fraction of sp³-hybridized carbons (Fsp3) is 0.263. The highest BCUT2D eigenvalue weighted by Gasteiger charge is 2.28. The van der Waals surface area contributed by atoms with Gasteiger partial charge in [-0.15, -0.1) is 0 Å². The molecule has 1 atom stereocenters. The summed E-state index contributed by atoms with van der Waals surface area (Å²) in [6.45, 7) is 2.31. The Hall–Kier alpha value is -2.53. The van der Waals surface area contributed by atoms with Gasteiger partial charge >= 0.3 is 0 Å². The number of nitrogen functional groups attached to an aromatic ring is 1. The van der Waals surface area contributed by atoms with E-state index in [0.29, 0.717) is 22.8 Å². The fourth-order valence-corrected chi connectivity index (χ4v) is 3.18. The number of hydrogen-bond donors (Lipinski definition) is 2. The zero-order chi connectivity index (χ0) is 18.0. The Labute approximate surface area is 151 Å². The molecule has 0 saturated carbocycles. The Morgan fingerprint density at radius 1 is 1.20 bits per heavy atom. The van der Waals surface area contributed by atoms with Gasteiger partial charge in [0.1, 0.15) is 6.04 Å². The molecular weight excluding hydrogens is 338 g/mol. The molecular formula is C19H20ClN3O2. The van der Waals surface area contributed by atoms with E-state index >= 15 is 0 Å². The number of rotatable bonds is 3. The highest BCUT2D eigenvalue weighted by Crippen LogP contribution is 2.31. The number of amides is 2. The van der Waals surface area contributed by atoms with E-state index in [0.717, 1.165) is 24.1 Å². The van der Waals surface area contributed by atoms with E-state index in [1.807, 2.05) is 18.2 Å². The second kappa shape index (κ2) is 7.15. The monoisotopic (exact) mass is 357 g/mol. The summed E-state index contributed by atoms with van der Waals surface area (Å²) in [5, 5.41) is 3.31. The molecule has 0 aliphatic carbocycles. The SMILES string of the molecule is CC(NC(=O)c1ccc(Cl)cc1)C(=O)N1CCCc2c(N)cccc21. The van der Waals surface area contributed by atoms with Crippen molar-refractivity contribution in [2.24, 2.45) is 0 Å². The van der Waals surface area contributed by atoms with Gasteiger partial charge in [-0.05, 0) is 61.7 Å². The van der Waals surface area contributed by atoms with Crippen molar-refractivity contribution >= 4 is 34.8 Å². The van der Waals surface area contributed by atoms with Crippen LogP contribution >= 0.6 is 11.6 Å². The van der Waals surface area contributed by atoms with Crippen LogP contribution in [0, 0.1) is 0 Å². The lowest BCUT2D eigenvalue weighted by atomic mass is 9.99. The van der Waals surface area contributed by atoms with Crippen LogP contribution in [0.25, 0.3) is 0 Å². The fourth-order valence-electron chi connectivity index (χ4n) is 3.06. The van der Waals surface area contributed by atoms with Crippen molar-refractivity contribution in [2.45, 2.75) is 25.8 Å². The molecule has 1 heterocycles. The lowest BCUT2D eigenvalue weighted by Crippen LogP contribution is -2.48. The van der Waals surface area contributed by atoms with Crippen molar-refractivity contribution in [3.05, 3.63) is 58.6 Å². The molecule has 0 aromatic heterocycles. The molecule has 1 aliphatic heterocycles. The van der Waals surface area contributed by atoms with Crippen LogP contribution in [-0.4, -0.2) is 24.4 Å². The van der Waals surface area contributed by atoms with Crippen LogP contribution in [0.1, 0.15) is 29.3 Å². The molecule has 2 aromatic carbocycles. The van der Waals surface area contributed by atoms with Crippen LogP contribution in [0.15, 0.2) is 42.5 Å². The average molecular weight is 358 g/mol. The maximum Gasteiger partial charge on any atom is 0.251 e. The molecule has 0 radical (unpaired) electrons. The third kappa shape index (κ3) is 3.61. The van der Waals surface area contributed by atoms with Crippen molar-refractivity contribution in [3.63, 3.8) is 0 Å². The van der Waals surface area contributed by atoms with Crippen LogP contribution in [-0.2, 0) is 11.2 Å². The zero-order valence-corrected chi connectivity index (χ0v) is 14.7. The number of halogens is 1. The summed E-state index contributed by atoms with van der Waals surface area (Å²) in [6, 6.07) is 11.5. The highest BCUT2D eigenvalue weighted by atomic mass is 35.5. The maximum atomic E-state index is 12.8. The van der Waals surface area contributed by atoms with Crippen LogP contribution in [0.3, 0.4) is 0 Å². The van der Waals surface area contributed by atoms with Crippen molar-refractivity contribution in [3.8, 4) is 0 Å². The number of nitrogens with two attached hydrogens (primary N) is 1. The lowest BCUT2D eigenvalue weighted by Gasteiger charge is -2.32. The summed E-state index contributed by atoms with van der Waals surface area (Å²) >= 11 is 5.83. The van der Waals surface area contributed by atoms with E-state index in [-0.39, 0.29) is 11.8 Å². The van der Waals surface area contributed by atoms with Crippen molar-refractivity contribution in [2.75, 3.05) is 17.2 Å². The molecule has 2 amide bonds. The molecule has 3 N–H and O–H groups in total. The van der Waals surface area contributed by atoms with E-state index in [9.17, 15) is 9.59 Å². The normalized spacial score (nSPS) is 14.6. The smallest absolute Gasteiger partial charge is 0.251 e. The summed E-state index contributed by atoms with van der Waals surface area (Å²) in [7, 11) is 0. The second-order valence-electron chi connectivity index (χ2n) is 6.14. The van der Waals surface area contributed by atoms with Gasteiger partial charge in [-0.25, -0.2) is 0 Å². The number of fused-ring (bicyclic) bond motifs is 1. The van der Waals surface area contributed by atoms with Crippen molar-refractivity contribution in [1.29, 1.82) is 0 Å². The molecule has 3 rings (SSSR count). The summed E-state index contributed by atoms with van der Waals surface area (Å²) in [5.41, 5.74) is 9.03. The minimum absolute atomic E-state index is 0.145. The highest BCUT2D eigenvalue weighted by molar-refractivity contribution is 6.30. The van der Waals surface area contributed by atoms with Gasteiger partial charge in [-0.3, -0.25) is 9.59 Å². The summed E-state index contributed by atoms with van der Waals surface area (Å²) in [4.78, 5) is 26.9. The van der Waals surface area contributed by atoms with Gasteiger partial charge in [0.2, 0.25) is 5.91 Å². The Morgan fingerprint density at radius 2 is 1.92 bits per heavy atom. The van der Waals surface area contributed by atoms with Crippen LogP contribution in [0.2, 0.25) is 5.02 Å². The summed E-state index contributed by atoms with van der Waals surface area (Å²) in [5.74, 6) is -0.448. The first-order chi connectivity index (χ1) is 12.0. The number of nitrogens with zero attached hydrogens (tertiary/aromatic N) is 1. The summed E-state index contributed by atoms with van der Waals surface area (Å²) in [6.07, 6.45) is 1.71. The minimum Gasteiger partial charge on any atom is -0.398 e. The van der Waals surface area contributed by atoms with Crippen molar-refractivity contribution in [1.82, 2.24) is 5.32 Å². The first-order valence-corrected chi connectivity index (χ1v) is 8.60. The number of nitrogens with one attached hydrogen (secondary N) is 1. The van der Waals surface area contributed by atoms with E-state index in [1.54, 1.807) is 36.1 Å². The Kier molecular flexibility index (Phi) is 4.95. The minimum atomic E-state index is -0.643. The molecule has 6 heteroatoms. The predicted molar refractivity (Wildman–Crippen MR) is 99.9 cm³/mol. The van der Waals surface area contributed by atoms with E-state index in [2.05, 4.69) is 5.32 Å². The largest absolute Gasteiger partial charge is 0.398 e. The number of benzene rings is 2. The van der Waals surface area contributed by atoms with Crippen LogP contribution in [0.4, 0.5) is 11.4 Å². The quantitative estimate of drug-likeness (QED) is 0.829. The first-order valence-electron chi connectivity index (χ1n) is 8.22. The lowest BCUT2D eigenvalue weighted by molar-refractivity contribution is -0.120. The Bertz CT molecular complexity index is 805. The van der Waals surface area contributed by atoms with Crippen molar-refractivity contribution < 1.29 is 9.59 Å². The number of anilines is 2. The molecule has 0 bridgehead atoms. The average Bonchev–Trinajstić information content (AvgIpc) is 2.61. The van der Waals surface area contributed by atoms with E-state index < -0.39 is 6.04 Å². The molecule has 2 aromatic rings. The standard InChI is InChI=1S/C19H20ClN3O2/c1-12(22-18(24)13-7-9-14(20)10-8-13)19(25)23-11-3-4-15-16(21)5-2-6-17(15)23/h2,5-10,12H,3-4,11,21H2,1H3,(H,22,24). The van der Waals surface area contributed by atoms with Gasteiger partial charge in [0, 0.05) is 28.5 Å². The van der Waals surface area contributed by atoms with E-state index in [1.165, 1.54) is 0 Å². The second-order valence-corrected chi connectivity index (χ2v) is 6.58. The third-order valence-corrected chi connectivity index (χ3v) is 4.63. The third-order valence-electron chi connectivity index (χ3n) is 4.38. The molecule has 0 spiro atoms. The van der Waals surface area contributed by atoms with Gasteiger partial charge in [0.25, 0.3) is 5.91 Å².